The maximum Gasteiger partial charge on any atom is 0.164 e. The van der Waals surface area contributed by atoms with E-state index in [0.29, 0.717) is 28.6 Å². The van der Waals surface area contributed by atoms with Crippen molar-refractivity contribution in [2.75, 3.05) is 0 Å². The molecule has 2 aromatic heterocycles. The summed E-state index contributed by atoms with van der Waals surface area (Å²) in [5.74, 6) is 2.40. The summed E-state index contributed by atoms with van der Waals surface area (Å²) in [6.45, 7) is 0. The second-order valence-corrected chi connectivity index (χ2v) is 16.6. The molecule has 5 heteroatoms. The summed E-state index contributed by atoms with van der Waals surface area (Å²) in [6.07, 6.45) is 9.01. The van der Waals surface area contributed by atoms with Gasteiger partial charge in [0.25, 0.3) is 0 Å². The molecule has 3 heterocycles. The molecular formula is C51H33N3S2. The number of benzene rings is 7. The molecule has 1 aliphatic carbocycles. The third-order valence-electron chi connectivity index (χ3n) is 10.9. The molecule has 0 saturated heterocycles. The molecule has 0 fully saturated rings. The highest BCUT2D eigenvalue weighted by atomic mass is 32.2. The number of thioether (sulfide) groups is 1. The van der Waals surface area contributed by atoms with Crippen molar-refractivity contribution in [1.29, 1.82) is 0 Å². The van der Waals surface area contributed by atoms with Gasteiger partial charge in [-0.3, -0.25) is 0 Å². The van der Waals surface area contributed by atoms with Gasteiger partial charge in [0, 0.05) is 52.9 Å². The zero-order valence-corrected chi connectivity index (χ0v) is 31.8. The Bertz CT molecular complexity index is 3000. The second kappa shape index (κ2) is 13.7. The Labute approximate surface area is 333 Å². The van der Waals surface area contributed by atoms with E-state index in [1.54, 1.807) is 0 Å². The van der Waals surface area contributed by atoms with Crippen LogP contribution in [-0.2, 0) is 0 Å². The molecule has 11 rings (SSSR count). The fourth-order valence-corrected chi connectivity index (χ4v) is 10.7. The van der Waals surface area contributed by atoms with E-state index in [4.69, 9.17) is 15.0 Å². The van der Waals surface area contributed by atoms with E-state index >= 15 is 0 Å². The summed E-state index contributed by atoms with van der Waals surface area (Å²) in [6, 6.07) is 58.4. The Morgan fingerprint density at radius 2 is 1.02 bits per heavy atom. The van der Waals surface area contributed by atoms with E-state index in [-0.39, 0.29) is 0 Å². The van der Waals surface area contributed by atoms with Crippen LogP contribution in [0.25, 0.3) is 87.7 Å². The lowest BCUT2D eigenvalue weighted by molar-refractivity contribution is 0.881. The summed E-state index contributed by atoms with van der Waals surface area (Å²) in [5, 5.41) is 2.81. The highest BCUT2D eigenvalue weighted by Gasteiger charge is 2.32. The molecule has 0 saturated carbocycles. The van der Waals surface area contributed by atoms with Gasteiger partial charge in [-0.15, -0.1) is 23.1 Å². The molecule has 3 nitrogen and oxygen atoms in total. The molecule has 0 radical (unpaired) electrons. The van der Waals surface area contributed by atoms with Crippen LogP contribution in [0.4, 0.5) is 0 Å². The Balaban J connectivity index is 1.04. The van der Waals surface area contributed by atoms with E-state index in [9.17, 15) is 0 Å². The average molecular weight is 752 g/mol. The van der Waals surface area contributed by atoms with E-state index in [2.05, 4.69) is 170 Å². The second-order valence-electron chi connectivity index (χ2n) is 14.3. The number of hydrogen-bond donors (Lipinski definition) is 0. The molecule has 2 atom stereocenters. The summed E-state index contributed by atoms with van der Waals surface area (Å²) in [7, 11) is 0. The highest BCUT2D eigenvalue weighted by Crippen LogP contribution is 2.52. The van der Waals surface area contributed by atoms with Crippen LogP contribution in [0.1, 0.15) is 11.5 Å². The molecule has 2 aliphatic rings. The highest BCUT2D eigenvalue weighted by molar-refractivity contribution is 8.00. The standard InChI is InChI=1S/C51H33N3S2/c1-3-12-32(13-4-1)33-24-26-34(27-25-33)36-28-29-45-43(31-36)47-42(21-11-23-46(47)55-45)51-53-49(35-14-5-2-6-15-35)52-50(54-51)38-17-9-16-37(30-38)39-19-10-20-41-40-18-7-8-22-44(40)56-48(39)41/h1-31,40,44H. The maximum absolute atomic E-state index is 5.28. The lowest BCUT2D eigenvalue weighted by Crippen LogP contribution is -2.06. The number of thiophene rings is 1. The van der Waals surface area contributed by atoms with E-state index in [1.807, 2.05) is 41.3 Å². The van der Waals surface area contributed by atoms with Crippen LogP contribution in [0, 0.1) is 0 Å². The number of fused-ring (bicyclic) bond motifs is 6. The lowest BCUT2D eigenvalue weighted by atomic mass is 9.90. The SMILES string of the molecule is C1=CC2Sc3c(-c4cccc(-c5nc(-c6ccccc6)nc(-c6cccc7sc8ccc(-c9ccc(-c%10ccccc%10)cc9)cc8c67)n5)c4)cccc3C2C=C1. The van der Waals surface area contributed by atoms with Crippen molar-refractivity contribution in [3.05, 3.63) is 194 Å². The van der Waals surface area contributed by atoms with E-state index < -0.39 is 0 Å². The minimum Gasteiger partial charge on any atom is -0.208 e. The van der Waals surface area contributed by atoms with Crippen molar-refractivity contribution >= 4 is 43.3 Å². The Kier molecular flexibility index (Phi) is 8.08. The minimum atomic E-state index is 0.412. The fraction of sp³-hybridized carbons (Fsp3) is 0.0392. The Hall–Kier alpha value is -6.40. The molecule has 0 amide bonds. The first-order chi connectivity index (χ1) is 27.7. The zero-order valence-electron chi connectivity index (χ0n) is 30.2. The molecular weight excluding hydrogens is 719 g/mol. The molecule has 56 heavy (non-hydrogen) atoms. The van der Waals surface area contributed by atoms with Gasteiger partial charge in [-0.1, -0.05) is 164 Å². The maximum atomic E-state index is 5.28. The van der Waals surface area contributed by atoms with Gasteiger partial charge in [0.2, 0.25) is 0 Å². The van der Waals surface area contributed by atoms with Gasteiger partial charge < -0.3 is 0 Å². The number of aromatic nitrogens is 3. The predicted octanol–water partition coefficient (Wildman–Crippen LogP) is 13.9. The van der Waals surface area contributed by atoms with Crippen LogP contribution < -0.4 is 0 Å². The van der Waals surface area contributed by atoms with Crippen LogP contribution in [0.5, 0.6) is 0 Å². The first-order valence-corrected chi connectivity index (χ1v) is 20.6. The Morgan fingerprint density at radius 1 is 0.411 bits per heavy atom. The fourth-order valence-electron chi connectivity index (χ4n) is 8.14. The number of nitrogens with zero attached hydrogens (tertiary/aromatic N) is 3. The normalized spacial score (nSPS) is 15.6. The summed E-state index contributed by atoms with van der Waals surface area (Å²) < 4.78 is 2.45. The number of hydrogen-bond acceptors (Lipinski definition) is 5. The quantitative estimate of drug-likeness (QED) is 0.170. The van der Waals surface area contributed by atoms with Crippen molar-refractivity contribution in [1.82, 2.24) is 15.0 Å². The van der Waals surface area contributed by atoms with Crippen molar-refractivity contribution in [2.24, 2.45) is 0 Å². The smallest absolute Gasteiger partial charge is 0.164 e. The molecule has 9 aromatic rings. The van der Waals surface area contributed by atoms with Crippen LogP contribution in [-0.4, -0.2) is 20.2 Å². The molecule has 1 aliphatic heterocycles. The third kappa shape index (κ3) is 5.79. The van der Waals surface area contributed by atoms with Crippen LogP contribution in [0.2, 0.25) is 0 Å². The summed E-state index contributed by atoms with van der Waals surface area (Å²) in [5.41, 5.74) is 11.5. The van der Waals surface area contributed by atoms with Crippen LogP contribution in [0.3, 0.4) is 0 Å². The predicted molar refractivity (Wildman–Crippen MR) is 236 cm³/mol. The molecule has 7 aromatic carbocycles. The van der Waals surface area contributed by atoms with Gasteiger partial charge in [-0.2, -0.15) is 0 Å². The topological polar surface area (TPSA) is 38.7 Å². The van der Waals surface area contributed by atoms with Gasteiger partial charge in [0.15, 0.2) is 17.5 Å². The molecule has 0 bridgehead atoms. The first-order valence-electron chi connectivity index (χ1n) is 18.9. The largest absolute Gasteiger partial charge is 0.208 e. The van der Waals surface area contributed by atoms with Gasteiger partial charge in [-0.05, 0) is 63.2 Å². The number of allylic oxidation sites excluding steroid dienone is 3. The lowest BCUT2D eigenvalue weighted by Gasteiger charge is -2.14. The summed E-state index contributed by atoms with van der Waals surface area (Å²) >= 11 is 3.78. The van der Waals surface area contributed by atoms with Crippen molar-refractivity contribution in [3.8, 4) is 67.5 Å². The molecule has 264 valence electrons. The molecule has 2 unspecified atom stereocenters. The van der Waals surface area contributed by atoms with Crippen molar-refractivity contribution in [2.45, 2.75) is 16.1 Å². The van der Waals surface area contributed by atoms with Crippen LogP contribution in [0.15, 0.2) is 193 Å². The first kappa shape index (κ1) is 33.0. The molecule has 0 N–H and O–H groups in total. The monoisotopic (exact) mass is 751 g/mol. The van der Waals surface area contributed by atoms with Gasteiger partial charge in [-0.25, -0.2) is 15.0 Å². The van der Waals surface area contributed by atoms with E-state index in [1.165, 1.54) is 58.4 Å². The minimum absolute atomic E-state index is 0.412. The summed E-state index contributed by atoms with van der Waals surface area (Å²) in [4.78, 5) is 17.0. The van der Waals surface area contributed by atoms with Gasteiger partial charge in [0.05, 0.1) is 0 Å². The van der Waals surface area contributed by atoms with Crippen molar-refractivity contribution in [3.63, 3.8) is 0 Å². The number of rotatable bonds is 6. The van der Waals surface area contributed by atoms with Gasteiger partial charge >= 0.3 is 0 Å². The van der Waals surface area contributed by atoms with E-state index in [0.717, 1.165) is 22.3 Å². The molecule has 0 spiro atoms. The van der Waals surface area contributed by atoms with Gasteiger partial charge in [0.1, 0.15) is 0 Å². The average Bonchev–Trinajstić information content (AvgIpc) is 3.85. The Morgan fingerprint density at radius 3 is 1.84 bits per heavy atom. The zero-order chi connectivity index (χ0) is 37.0. The third-order valence-corrected chi connectivity index (χ3v) is 13.5. The van der Waals surface area contributed by atoms with Crippen LogP contribution >= 0.6 is 23.1 Å². The van der Waals surface area contributed by atoms with Crippen molar-refractivity contribution < 1.29 is 0 Å².